The lowest BCUT2D eigenvalue weighted by molar-refractivity contribution is -0.115. The van der Waals surface area contributed by atoms with Crippen LogP contribution in [0.5, 0.6) is 0 Å². The molecular weight excluding hydrogens is 200 g/mol. The monoisotopic (exact) mass is 214 g/mol. The molecular formula is C13H14N2O. The van der Waals surface area contributed by atoms with Gasteiger partial charge in [-0.25, -0.2) is 0 Å². The molecule has 0 atom stereocenters. The molecule has 1 amide bonds. The van der Waals surface area contributed by atoms with Gasteiger partial charge in [-0.15, -0.1) is 0 Å². The molecule has 2 aromatic carbocycles. The van der Waals surface area contributed by atoms with Crippen LogP contribution in [0, 0.1) is 0 Å². The summed E-state index contributed by atoms with van der Waals surface area (Å²) >= 11 is 0. The molecule has 3 heteroatoms. The summed E-state index contributed by atoms with van der Waals surface area (Å²) in [7, 11) is 1.75. The van der Waals surface area contributed by atoms with Crippen LogP contribution in [0.3, 0.4) is 0 Å². The van der Waals surface area contributed by atoms with Crippen LogP contribution >= 0.6 is 0 Å². The highest BCUT2D eigenvalue weighted by atomic mass is 16.1. The van der Waals surface area contributed by atoms with Gasteiger partial charge in [0.05, 0.1) is 6.54 Å². The maximum absolute atomic E-state index is 11.4. The number of anilines is 1. The largest absolute Gasteiger partial charge is 0.325 e. The van der Waals surface area contributed by atoms with Gasteiger partial charge in [0, 0.05) is 5.69 Å². The highest BCUT2D eigenvalue weighted by molar-refractivity contribution is 5.95. The van der Waals surface area contributed by atoms with Crippen molar-refractivity contribution in [1.82, 2.24) is 5.32 Å². The van der Waals surface area contributed by atoms with Crippen LogP contribution < -0.4 is 10.6 Å². The predicted molar refractivity (Wildman–Crippen MR) is 66.5 cm³/mol. The molecule has 0 aliphatic carbocycles. The van der Waals surface area contributed by atoms with E-state index in [-0.39, 0.29) is 5.91 Å². The number of carbonyl (C=O) groups excluding carboxylic acids is 1. The van der Waals surface area contributed by atoms with E-state index in [1.54, 1.807) is 7.05 Å². The van der Waals surface area contributed by atoms with Crippen molar-refractivity contribution in [3.63, 3.8) is 0 Å². The van der Waals surface area contributed by atoms with Gasteiger partial charge < -0.3 is 10.6 Å². The molecule has 0 spiro atoms. The summed E-state index contributed by atoms with van der Waals surface area (Å²) < 4.78 is 0. The minimum atomic E-state index is -0.0298. The van der Waals surface area contributed by atoms with E-state index < -0.39 is 0 Å². The predicted octanol–water partition coefficient (Wildman–Crippen LogP) is 2.00. The summed E-state index contributed by atoms with van der Waals surface area (Å²) in [6, 6.07) is 14.0. The SMILES string of the molecule is CNCC(=O)Nc1ccc2ccccc2c1. The number of amides is 1. The normalized spacial score (nSPS) is 10.3. The summed E-state index contributed by atoms with van der Waals surface area (Å²) in [6.45, 7) is 0.326. The van der Waals surface area contributed by atoms with E-state index in [2.05, 4.69) is 16.7 Å². The Morgan fingerprint density at radius 2 is 1.88 bits per heavy atom. The van der Waals surface area contributed by atoms with Crippen molar-refractivity contribution in [1.29, 1.82) is 0 Å². The minimum Gasteiger partial charge on any atom is -0.325 e. The fraction of sp³-hybridized carbons (Fsp3) is 0.154. The van der Waals surface area contributed by atoms with Crippen LogP contribution in [0.2, 0.25) is 0 Å². The first-order valence-corrected chi connectivity index (χ1v) is 5.23. The van der Waals surface area contributed by atoms with E-state index in [9.17, 15) is 4.79 Å². The Morgan fingerprint density at radius 1 is 1.12 bits per heavy atom. The summed E-state index contributed by atoms with van der Waals surface area (Å²) in [5.74, 6) is -0.0298. The molecule has 0 aliphatic heterocycles. The lowest BCUT2D eigenvalue weighted by atomic mass is 10.1. The Hall–Kier alpha value is -1.87. The van der Waals surface area contributed by atoms with Gasteiger partial charge in [-0.3, -0.25) is 4.79 Å². The molecule has 0 aromatic heterocycles. The second-order valence-electron chi connectivity index (χ2n) is 3.64. The third-order valence-corrected chi connectivity index (χ3v) is 2.37. The third-order valence-electron chi connectivity index (χ3n) is 2.37. The minimum absolute atomic E-state index is 0.0298. The number of rotatable bonds is 3. The van der Waals surface area contributed by atoms with E-state index >= 15 is 0 Å². The van der Waals surface area contributed by atoms with Gasteiger partial charge in [0.1, 0.15) is 0 Å². The third kappa shape index (κ3) is 2.38. The van der Waals surface area contributed by atoms with Crippen LogP contribution in [-0.4, -0.2) is 19.5 Å². The molecule has 0 heterocycles. The van der Waals surface area contributed by atoms with E-state index in [0.29, 0.717) is 6.54 Å². The zero-order valence-corrected chi connectivity index (χ0v) is 9.16. The molecule has 2 rings (SSSR count). The van der Waals surface area contributed by atoms with Gasteiger partial charge in [-0.1, -0.05) is 30.3 Å². The molecule has 0 unspecified atom stereocenters. The van der Waals surface area contributed by atoms with Gasteiger partial charge in [0.25, 0.3) is 0 Å². The first-order chi connectivity index (χ1) is 7.79. The molecule has 0 saturated carbocycles. The molecule has 0 fully saturated rings. The Labute approximate surface area is 94.5 Å². The topological polar surface area (TPSA) is 41.1 Å². The standard InChI is InChI=1S/C13H14N2O/c1-14-9-13(16)15-12-7-6-10-4-2-3-5-11(10)8-12/h2-8,14H,9H2,1H3,(H,15,16). The average molecular weight is 214 g/mol. The van der Waals surface area contributed by atoms with E-state index in [0.717, 1.165) is 11.1 Å². The maximum atomic E-state index is 11.4. The zero-order valence-electron chi connectivity index (χ0n) is 9.16. The van der Waals surface area contributed by atoms with E-state index in [1.807, 2.05) is 36.4 Å². The number of hydrogen-bond donors (Lipinski definition) is 2. The van der Waals surface area contributed by atoms with Crippen LogP contribution in [0.1, 0.15) is 0 Å². The fourth-order valence-electron chi connectivity index (χ4n) is 1.63. The van der Waals surface area contributed by atoms with Crippen molar-refractivity contribution < 1.29 is 4.79 Å². The lowest BCUT2D eigenvalue weighted by Gasteiger charge is -2.05. The lowest BCUT2D eigenvalue weighted by Crippen LogP contribution is -2.24. The Kier molecular flexibility index (Phi) is 3.17. The average Bonchev–Trinajstić information content (AvgIpc) is 2.29. The first-order valence-electron chi connectivity index (χ1n) is 5.23. The Balaban J connectivity index is 2.22. The zero-order chi connectivity index (χ0) is 11.4. The van der Waals surface area contributed by atoms with Crippen LogP contribution in [0.15, 0.2) is 42.5 Å². The molecule has 0 bridgehead atoms. The highest BCUT2D eigenvalue weighted by Crippen LogP contribution is 2.18. The molecule has 0 aliphatic rings. The molecule has 0 saturated heterocycles. The number of carbonyl (C=O) groups is 1. The second kappa shape index (κ2) is 4.77. The van der Waals surface area contributed by atoms with Crippen molar-refractivity contribution in [3.05, 3.63) is 42.5 Å². The number of hydrogen-bond acceptors (Lipinski definition) is 2. The summed E-state index contributed by atoms with van der Waals surface area (Å²) in [5.41, 5.74) is 0.832. The number of fused-ring (bicyclic) bond motifs is 1. The van der Waals surface area contributed by atoms with Crippen LogP contribution in [-0.2, 0) is 4.79 Å². The quantitative estimate of drug-likeness (QED) is 0.820. The van der Waals surface area contributed by atoms with Gasteiger partial charge >= 0.3 is 0 Å². The summed E-state index contributed by atoms with van der Waals surface area (Å²) in [4.78, 5) is 11.4. The second-order valence-corrected chi connectivity index (χ2v) is 3.64. The van der Waals surface area contributed by atoms with Gasteiger partial charge in [0.15, 0.2) is 0 Å². The molecule has 3 nitrogen and oxygen atoms in total. The maximum Gasteiger partial charge on any atom is 0.238 e. The number of likely N-dealkylation sites (N-methyl/N-ethyl adjacent to an activating group) is 1. The van der Waals surface area contributed by atoms with E-state index in [1.165, 1.54) is 5.39 Å². The van der Waals surface area contributed by atoms with Gasteiger partial charge in [0.2, 0.25) is 5.91 Å². The highest BCUT2D eigenvalue weighted by Gasteiger charge is 2.00. The molecule has 16 heavy (non-hydrogen) atoms. The summed E-state index contributed by atoms with van der Waals surface area (Å²) in [5, 5.41) is 7.95. The first kappa shape index (κ1) is 10.6. The van der Waals surface area contributed by atoms with Crippen LogP contribution in [0.4, 0.5) is 5.69 Å². The molecule has 82 valence electrons. The van der Waals surface area contributed by atoms with Crippen molar-refractivity contribution in [3.8, 4) is 0 Å². The van der Waals surface area contributed by atoms with Gasteiger partial charge in [-0.2, -0.15) is 0 Å². The molecule has 2 aromatic rings. The van der Waals surface area contributed by atoms with Crippen molar-refractivity contribution >= 4 is 22.4 Å². The van der Waals surface area contributed by atoms with E-state index in [4.69, 9.17) is 0 Å². The molecule has 2 N–H and O–H groups in total. The van der Waals surface area contributed by atoms with Crippen molar-refractivity contribution in [2.24, 2.45) is 0 Å². The Morgan fingerprint density at radius 3 is 2.62 bits per heavy atom. The smallest absolute Gasteiger partial charge is 0.238 e. The van der Waals surface area contributed by atoms with Crippen molar-refractivity contribution in [2.45, 2.75) is 0 Å². The summed E-state index contributed by atoms with van der Waals surface area (Å²) in [6.07, 6.45) is 0. The van der Waals surface area contributed by atoms with Gasteiger partial charge in [-0.05, 0) is 30.0 Å². The number of nitrogens with one attached hydrogen (secondary N) is 2. The Bertz CT molecular complexity index is 508. The molecule has 0 radical (unpaired) electrons. The fourth-order valence-corrected chi connectivity index (χ4v) is 1.63. The van der Waals surface area contributed by atoms with Crippen molar-refractivity contribution in [2.75, 3.05) is 18.9 Å². The van der Waals surface area contributed by atoms with Crippen LogP contribution in [0.25, 0.3) is 10.8 Å². The number of benzene rings is 2.